The number of nitrogens with zero attached hydrogens (tertiary/aromatic N) is 5. The standard InChI is InChI=1S/C31H29BrN6O/c32-27-20-35-38-29(34-19-23-6-4-14-33-18-23)17-28(36-31(27)38)26-9-5-15-37(21-26)30(39)16-22-10-12-25(13-11-22)24-7-2-1-3-8-24/h1-4,6-8,10-14,17-18,20,26,34H,5,9,15-16,19,21H2. The summed E-state index contributed by atoms with van der Waals surface area (Å²) in [4.78, 5) is 24.5. The van der Waals surface area contributed by atoms with E-state index >= 15 is 0 Å². The van der Waals surface area contributed by atoms with Crippen LogP contribution >= 0.6 is 15.9 Å². The average Bonchev–Trinajstić information content (AvgIpc) is 3.38. The molecule has 5 aromatic rings. The van der Waals surface area contributed by atoms with Gasteiger partial charge in [0.1, 0.15) is 5.82 Å². The summed E-state index contributed by atoms with van der Waals surface area (Å²) in [5.41, 5.74) is 6.20. The average molecular weight is 582 g/mol. The number of hydrogen-bond donors (Lipinski definition) is 1. The second kappa shape index (κ2) is 11.4. The first-order valence-electron chi connectivity index (χ1n) is 13.2. The Hall–Kier alpha value is -4.04. The smallest absolute Gasteiger partial charge is 0.227 e. The van der Waals surface area contributed by atoms with Gasteiger partial charge in [0, 0.05) is 44.0 Å². The molecular weight excluding hydrogens is 552 g/mol. The lowest BCUT2D eigenvalue weighted by Crippen LogP contribution is -2.40. The maximum absolute atomic E-state index is 13.3. The van der Waals surface area contributed by atoms with E-state index in [0.29, 0.717) is 19.5 Å². The molecule has 1 aliphatic rings. The van der Waals surface area contributed by atoms with Crippen LogP contribution in [0.2, 0.25) is 0 Å². The predicted octanol–water partition coefficient (Wildman–Crippen LogP) is 6.11. The molecule has 3 aromatic heterocycles. The maximum Gasteiger partial charge on any atom is 0.227 e. The third-order valence-corrected chi connectivity index (χ3v) is 7.81. The molecule has 7 nitrogen and oxygen atoms in total. The molecular formula is C31H29BrN6O. The number of carbonyl (C=O) groups is 1. The van der Waals surface area contributed by atoms with Crippen LogP contribution in [0.4, 0.5) is 5.82 Å². The lowest BCUT2D eigenvalue weighted by Gasteiger charge is -2.33. The number of carbonyl (C=O) groups excluding carboxylic acids is 1. The van der Waals surface area contributed by atoms with E-state index in [2.05, 4.69) is 73.8 Å². The molecule has 0 bridgehead atoms. The molecule has 1 aliphatic heterocycles. The monoisotopic (exact) mass is 580 g/mol. The molecule has 1 N–H and O–H groups in total. The van der Waals surface area contributed by atoms with Crippen LogP contribution in [0.15, 0.2) is 95.9 Å². The number of nitrogens with one attached hydrogen (secondary N) is 1. The Kier molecular flexibility index (Phi) is 7.36. The summed E-state index contributed by atoms with van der Waals surface area (Å²) < 4.78 is 2.66. The number of anilines is 1. The van der Waals surface area contributed by atoms with Crippen LogP contribution in [0, 0.1) is 0 Å². The number of piperidine rings is 1. The lowest BCUT2D eigenvalue weighted by molar-refractivity contribution is -0.131. The number of pyridine rings is 1. The lowest BCUT2D eigenvalue weighted by atomic mass is 9.93. The summed E-state index contributed by atoms with van der Waals surface area (Å²) in [6, 6.07) is 24.7. The first-order chi connectivity index (χ1) is 19.1. The summed E-state index contributed by atoms with van der Waals surface area (Å²) >= 11 is 3.60. The van der Waals surface area contributed by atoms with E-state index in [1.54, 1.807) is 12.4 Å². The minimum Gasteiger partial charge on any atom is -0.366 e. The van der Waals surface area contributed by atoms with Crippen molar-refractivity contribution >= 4 is 33.3 Å². The van der Waals surface area contributed by atoms with Crippen molar-refractivity contribution < 1.29 is 4.79 Å². The molecule has 0 saturated carbocycles. The van der Waals surface area contributed by atoms with Crippen molar-refractivity contribution in [3.05, 3.63) is 113 Å². The van der Waals surface area contributed by atoms with Gasteiger partial charge in [-0.2, -0.15) is 9.61 Å². The Morgan fingerprint density at radius 1 is 0.974 bits per heavy atom. The van der Waals surface area contributed by atoms with Gasteiger partial charge in [0.15, 0.2) is 5.65 Å². The Labute approximate surface area is 236 Å². The number of aromatic nitrogens is 4. The number of hydrogen-bond acceptors (Lipinski definition) is 5. The molecule has 196 valence electrons. The van der Waals surface area contributed by atoms with Gasteiger partial charge in [-0.25, -0.2) is 4.98 Å². The van der Waals surface area contributed by atoms with Crippen LogP contribution < -0.4 is 5.32 Å². The fraction of sp³-hybridized carbons (Fsp3) is 0.226. The minimum atomic E-state index is 0.161. The molecule has 1 fully saturated rings. The van der Waals surface area contributed by atoms with E-state index in [-0.39, 0.29) is 11.8 Å². The Morgan fingerprint density at radius 2 is 1.79 bits per heavy atom. The molecule has 39 heavy (non-hydrogen) atoms. The van der Waals surface area contributed by atoms with Crippen LogP contribution in [-0.2, 0) is 17.8 Å². The van der Waals surface area contributed by atoms with Gasteiger partial charge in [-0.15, -0.1) is 0 Å². The second-order valence-electron chi connectivity index (χ2n) is 9.93. The molecule has 0 aliphatic carbocycles. The van der Waals surface area contributed by atoms with Crippen molar-refractivity contribution in [3.63, 3.8) is 0 Å². The molecule has 1 amide bonds. The third kappa shape index (κ3) is 5.71. The number of benzene rings is 2. The SMILES string of the molecule is O=C(Cc1ccc(-c2ccccc2)cc1)N1CCCC(c2cc(NCc3cccnc3)n3ncc(Br)c3n2)C1. The number of fused-ring (bicyclic) bond motifs is 1. The topological polar surface area (TPSA) is 75.4 Å². The van der Waals surface area contributed by atoms with Gasteiger partial charge < -0.3 is 10.2 Å². The van der Waals surface area contributed by atoms with Gasteiger partial charge >= 0.3 is 0 Å². The number of rotatable bonds is 7. The van der Waals surface area contributed by atoms with Crippen molar-refractivity contribution in [3.8, 4) is 11.1 Å². The molecule has 1 atom stereocenters. The zero-order valence-electron chi connectivity index (χ0n) is 21.5. The highest BCUT2D eigenvalue weighted by molar-refractivity contribution is 9.10. The maximum atomic E-state index is 13.3. The number of amides is 1. The van der Waals surface area contributed by atoms with Crippen molar-refractivity contribution in [2.45, 2.75) is 31.7 Å². The fourth-order valence-electron chi connectivity index (χ4n) is 5.16. The molecule has 6 rings (SSSR count). The molecule has 2 aromatic carbocycles. The Morgan fingerprint density at radius 3 is 2.59 bits per heavy atom. The van der Waals surface area contributed by atoms with Crippen molar-refractivity contribution in [1.82, 2.24) is 24.5 Å². The molecule has 1 saturated heterocycles. The Bertz CT molecular complexity index is 1570. The van der Waals surface area contributed by atoms with Gasteiger partial charge in [-0.05, 0) is 57.1 Å². The van der Waals surface area contributed by atoms with Crippen LogP contribution in [0.25, 0.3) is 16.8 Å². The van der Waals surface area contributed by atoms with E-state index in [9.17, 15) is 4.79 Å². The summed E-state index contributed by atoms with van der Waals surface area (Å²) in [5.74, 6) is 1.19. The van der Waals surface area contributed by atoms with E-state index in [0.717, 1.165) is 57.7 Å². The van der Waals surface area contributed by atoms with Gasteiger partial charge in [-0.3, -0.25) is 9.78 Å². The van der Waals surface area contributed by atoms with Crippen LogP contribution in [0.5, 0.6) is 0 Å². The summed E-state index contributed by atoms with van der Waals surface area (Å²) in [5, 5.41) is 8.00. The zero-order chi connectivity index (χ0) is 26.6. The van der Waals surface area contributed by atoms with Crippen LogP contribution in [0.1, 0.15) is 35.6 Å². The fourth-order valence-corrected chi connectivity index (χ4v) is 5.51. The predicted molar refractivity (Wildman–Crippen MR) is 156 cm³/mol. The van der Waals surface area contributed by atoms with Crippen LogP contribution in [0.3, 0.4) is 0 Å². The van der Waals surface area contributed by atoms with Gasteiger partial charge in [0.05, 0.1) is 22.8 Å². The summed E-state index contributed by atoms with van der Waals surface area (Å²) in [7, 11) is 0. The Balaban J connectivity index is 1.17. The molecule has 8 heteroatoms. The summed E-state index contributed by atoms with van der Waals surface area (Å²) in [6.45, 7) is 2.07. The third-order valence-electron chi connectivity index (χ3n) is 7.25. The summed E-state index contributed by atoms with van der Waals surface area (Å²) in [6.07, 6.45) is 7.74. The first kappa shape index (κ1) is 25.2. The molecule has 1 unspecified atom stereocenters. The zero-order valence-corrected chi connectivity index (χ0v) is 23.1. The number of likely N-dealkylation sites (tertiary alicyclic amines) is 1. The first-order valence-corrected chi connectivity index (χ1v) is 14.0. The van der Waals surface area contributed by atoms with E-state index < -0.39 is 0 Å². The quantitative estimate of drug-likeness (QED) is 0.251. The highest BCUT2D eigenvalue weighted by Gasteiger charge is 2.27. The minimum absolute atomic E-state index is 0.161. The van der Waals surface area contributed by atoms with Crippen LogP contribution in [-0.4, -0.2) is 43.5 Å². The molecule has 4 heterocycles. The van der Waals surface area contributed by atoms with Gasteiger partial charge in [-0.1, -0.05) is 60.7 Å². The van der Waals surface area contributed by atoms with Gasteiger partial charge in [0.2, 0.25) is 5.91 Å². The highest BCUT2D eigenvalue weighted by atomic mass is 79.9. The van der Waals surface area contributed by atoms with E-state index in [1.807, 2.05) is 45.9 Å². The van der Waals surface area contributed by atoms with E-state index in [1.165, 1.54) is 5.56 Å². The van der Waals surface area contributed by atoms with E-state index in [4.69, 9.17) is 4.98 Å². The van der Waals surface area contributed by atoms with Crippen molar-refractivity contribution in [2.24, 2.45) is 0 Å². The normalized spacial score (nSPS) is 15.4. The molecule has 0 radical (unpaired) electrons. The van der Waals surface area contributed by atoms with Crippen molar-refractivity contribution in [1.29, 1.82) is 0 Å². The molecule has 0 spiro atoms. The van der Waals surface area contributed by atoms with Gasteiger partial charge in [0.25, 0.3) is 0 Å². The highest BCUT2D eigenvalue weighted by Crippen LogP contribution is 2.30. The second-order valence-corrected chi connectivity index (χ2v) is 10.8. The van der Waals surface area contributed by atoms with Crippen molar-refractivity contribution in [2.75, 3.05) is 18.4 Å². The largest absolute Gasteiger partial charge is 0.366 e. The number of halogens is 1.